The lowest BCUT2D eigenvalue weighted by Crippen LogP contribution is -2.37. The smallest absolute Gasteiger partial charge is 0.328 e. The van der Waals surface area contributed by atoms with Gasteiger partial charge in [-0.15, -0.1) is 0 Å². The van der Waals surface area contributed by atoms with Crippen molar-refractivity contribution in [2.45, 2.75) is 13.0 Å². The van der Waals surface area contributed by atoms with E-state index >= 15 is 0 Å². The molecular formula is C21H22N6O2. The quantitative estimate of drug-likeness (QED) is 0.561. The fourth-order valence-electron chi connectivity index (χ4n) is 3.86. The number of hydrogen-bond donors (Lipinski definition) is 1. The third-order valence-corrected chi connectivity index (χ3v) is 5.36. The van der Waals surface area contributed by atoms with Crippen LogP contribution in [0.5, 0.6) is 0 Å². The van der Waals surface area contributed by atoms with Crippen LogP contribution in [0.2, 0.25) is 0 Å². The number of rotatable bonds is 5. The van der Waals surface area contributed by atoms with Crippen LogP contribution in [0.4, 0.5) is 0 Å². The number of benzene rings is 1. The van der Waals surface area contributed by atoms with E-state index in [4.69, 9.17) is 9.72 Å². The van der Waals surface area contributed by atoms with Gasteiger partial charge in [-0.1, -0.05) is 18.2 Å². The monoisotopic (exact) mass is 390 g/mol. The van der Waals surface area contributed by atoms with Crippen molar-refractivity contribution in [3.8, 4) is 11.3 Å². The van der Waals surface area contributed by atoms with Crippen molar-refractivity contribution in [3.63, 3.8) is 0 Å². The molecular weight excluding hydrogens is 368 g/mol. The molecule has 1 saturated heterocycles. The molecule has 8 nitrogen and oxygen atoms in total. The second-order valence-corrected chi connectivity index (χ2v) is 7.19. The Kier molecular flexibility index (Phi) is 4.79. The molecule has 148 valence electrons. The number of ether oxygens (including phenoxy) is 1. The molecule has 29 heavy (non-hydrogen) atoms. The number of H-pyrrole nitrogens is 1. The number of aromatic nitrogens is 5. The minimum Gasteiger partial charge on any atom is -0.379 e. The third kappa shape index (κ3) is 3.52. The van der Waals surface area contributed by atoms with Crippen molar-refractivity contribution in [3.05, 3.63) is 53.2 Å². The summed E-state index contributed by atoms with van der Waals surface area (Å²) in [6.45, 7) is 4.99. The van der Waals surface area contributed by atoms with Gasteiger partial charge in [-0.25, -0.2) is 14.8 Å². The summed E-state index contributed by atoms with van der Waals surface area (Å²) in [6, 6.07) is 9.88. The molecule has 3 aromatic heterocycles. The highest BCUT2D eigenvalue weighted by molar-refractivity contribution is 5.93. The lowest BCUT2D eigenvalue weighted by molar-refractivity contribution is 0.0369. The van der Waals surface area contributed by atoms with Crippen LogP contribution < -0.4 is 5.69 Å². The molecule has 4 heterocycles. The predicted molar refractivity (Wildman–Crippen MR) is 111 cm³/mol. The topological polar surface area (TPSA) is 88.9 Å². The third-order valence-electron chi connectivity index (χ3n) is 5.36. The molecule has 0 radical (unpaired) electrons. The largest absolute Gasteiger partial charge is 0.379 e. The Bertz CT molecular complexity index is 1200. The molecule has 0 aliphatic carbocycles. The zero-order chi connectivity index (χ0) is 19.6. The Hall–Kier alpha value is -3.10. The molecule has 4 aromatic rings. The van der Waals surface area contributed by atoms with Gasteiger partial charge in [0.25, 0.3) is 0 Å². The Morgan fingerprint density at radius 1 is 1.07 bits per heavy atom. The molecule has 1 aliphatic rings. The molecule has 5 rings (SSSR count). The number of pyridine rings is 1. The van der Waals surface area contributed by atoms with Gasteiger partial charge in [0.2, 0.25) is 0 Å². The summed E-state index contributed by atoms with van der Waals surface area (Å²) >= 11 is 0. The molecule has 1 N–H and O–H groups in total. The van der Waals surface area contributed by atoms with Crippen LogP contribution >= 0.6 is 0 Å². The van der Waals surface area contributed by atoms with Gasteiger partial charge in [-0.3, -0.25) is 19.4 Å². The maximum atomic E-state index is 12.5. The van der Waals surface area contributed by atoms with E-state index in [9.17, 15) is 4.79 Å². The van der Waals surface area contributed by atoms with Gasteiger partial charge in [-0.05, 0) is 18.6 Å². The van der Waals surface area contributed by atoms with E-state index in [1.165, 1.54) is 0 Å². The fourth-order valence-corrected chi connectivity index (χ4v) is 3.86. The lowest BCUT2D eigenvalue weighted by Gasteiger charge is -2.26. The Balaban J connectivity index is 1.46. The summed E-state index contributed by atoms with van der Waals surface area (Å²) in [6.07, 6.45) is 4.36. The van der Waals surface area contributed by atoms with Gasteiger partial charge in [0.1, 0.15) is 0 Å². The average molecular weight is 390 g/mol. The predicted octanol–water partition coefficient (Wildman–Crippen LogP) is 2.06. The highest BCUT2D eigenvalue weighted by Crippen LogP contribution is 2.26. The van der Waals surface area contributed by atoms with Crippen LogP contribution in [0.25, 0.3) is 33.5 Å². The summed E-state index contributed by atoms with van der Waals surface area (Å²) in [5.74, 6) is 0. The molecule has 0 unspecified atom stereocenters. The molecule has 1 fully saturated rings. The number of nitrogens with one attached hydrogen (secondary N) is 1. The lowest BCUT2D eigenvalue weighted by atomic mass is 10.1. The first-order valence-corrected chi connectivity index (χ1v) is 9.89. The van der Waals surface area contributed by atoms with E-state index in [-0.39, 0.29) is 5.69 Å². The summed E-state index contributed by atoms with van der Waals surface area (Å²) in [5, 5.41) is 1.01. The highest BCUT2D eigenvalue weighted by Gasteiger charge is 2.14. The van der Waals surface area contributed by atoms with Crippen molar-refractivity contribution >= 4 is 22.2 Å². The molecule has 0 bridgehead atoms. The number of nitrogens with zero attached hydrogens (tertiary/aromatic N) is 5. The number of imidazole rings is 1. The van der Waals surface area contributed by atoms with E-state index in [1.807, 2.05) is 30.3 Å². The van der Waals surface area contributed by atoms with Crippen molar-refractivity contribution in [2.24, 2.45) is 0 Å². The van der Waals surface area contributed by atoms with Crippen LogP contribution in [0.1, 0.15) is 6.42 Å². The van der Waals surface area contributed by atoms with E-state index in [0.717, 1.165) is 61.4 Å². The summed E-state index contributed by atoms with van der Waals surface area (Å²) in [4.78, 5) is 31.3. The van der Waals surface area contributed by atoms with Gasteiger partial charge in [0.15, 0.2) is 11.3 Å². The van der Waals surface area contributed by atoms with Crippen molar-refractivity contribution in [1.82, 2.24) is 29.4 Å². The molecule has 0 amide bonds. The maximum absolute atomic E-state index is 12.5. The van der Waals surface area contributed by atoms with Crippen LogP contribution in [-0.2, 0) is 11.3 Å². The molecule has 0 atom stereocenters. The highest BCUT2D eigenvalue weighted by atomic mass is 16.5. The van der Waals surface area contributed by atoms with Gasteiger partial charge < -0.3 is 4.74 Å². The normalized spacial score (nSPS) is 15.3. The first-order chi connectivity index (χ1) is 14.3. The molecule has 1 aromatic carbocycles. The second kappa shape index (κ2) is 7.73. The molecule has 1 aliphatic heterocycles. The van der Waals surface area contributed by atoms with Crippen LogP contribution in [0, 0.1) is 0 Å². The number of fused-ring (bicyclic) bond motifs is 2. The first-order valence-electron chi connectivity index (χ1n) is 9.89. The van der Waals surface area contributed by atoms with E-state index < -0.39 is 0 Å². The number of morpholine rings is 1. The SMILES string of the molecule is O=c1[nH]c2ncc(-c3cccc4ncccc34)nc2n1CCCN1CCOCC1. The Morgan fingerprint density at radius 2 is 1.97 bits per heavy atom. The number of hydrogen-bond acceptors (Lipinski definition) is 6. The van der Waals surface area contributed by atoms with Gasteiger partial charge in [-0.2, -0.15) is 0 Å². The summed E-state index contributed by atoms with van der Waals surface area (Å²) in [5.41, 5.74) is 3.54. The van der Waals surface area contributed by atoms with Gasteiger partial charge in [0, 0.05) is 43.3 Å². The molecule has 0 saturated carbocycles. The summed E-state index contributed by atoms with van der Waals surface area (Å²) in [7, 11) is 0. The van der Waals surface area contributed by atoms with Gasteiger partial charge >= 0.3 is 5.69 Å². The molecule has 8 heteroatoms. The maximum Gasteiger partial charge on any atom is 0.328 e. The zero-order valence-corrected chi connectivity index (χ0v) is 16.0. The fraction of sp³-hybridized carbons (Fsp3) is 0.333. The first kappa shape index (κ1) is 18.0. The second-order valence-electron chi connectivity index (χ2n) is 7.19. The molecule has 0 spiro atoms. The van der Waals surface area contributed by atoms with Gasteiger partial charge in [0.05, 0.1) is 30.6 Å². The van der Waals surface area contributed by atoms with Crippen LogP contribution in [-0.4, -0.2) is 62.3 Å². The standard InChI is InChI=1S/C21H22N6O2/c28-21-25-19-20(27(21)9-3-8-26-10-12-29-13-11-26)24-18(14-23-19)16-4-1-6-17-15(16)5-2-7-22-17/h1-2,4-7,14H,3,8-13H2,(H,23,25,28). The number of aromatic amines is 1. The number of aryl methyl sites for hydroxylation is 1. The minimum absolute atomic E-state index is 0.168. The van der Waals surface area contributed by atoms with Crippen molar-refractivity contribution in [2.75, 3.05) is 32.8 Å². The Morgan fingerprint density at radius 3 is 2.86 bits per heavy atom. The average Bonchev–Trinajstić information content (AvgIpc) is 3.08. The van der Waals surface area contributed by atoms with E-state index in [0.29, 0.717) is 17.8 Å². The van der Waals surface area contributed by atoms with Crippen LogP contribution in [0.15, 0.2) is 47.5 Å². The van der Waals surface area contributed by atoms with Crippen molar-refractivity contribution in [1.29, 1.82) is 0 Å². The van der Waals surface area contributed by atoms with E-state index in [1.54, 1.807) is 17.0 Å². The van der Waals surface area contributed by atoms with E-state index in [2.05, 4.69) is 19.9 Å². The Labute approximate surface area is 167 Å². The van der Waals surface area contributed by atoms with Crippen molar-refractivity contribution < 1.29 is 4.74 Å². The minimum atomic E-state index is -0.168. The van der Waals surface area contributed by atoms with Crippen LogP contribution in [0.3, 0.4) is 0 Å². The zero-order valence-electron chi connectivity index (χ0n) is 16.0. The summed E-state index contributed by atoms with van der Waals surface area (Å²) < 4.78 is 7.08.